The van der Waals surface area contributed by atoms with Crippen molar-refractivity contribution in [3.05, 3.63) is 47.7 Å². The Kier molecular flexibility index (Phi) is 4.28. The van der Waals surface area contributed by atoms with Gasteiger partial charge < -0.3 is 15.2 Å². The molecule has 1 fully saturated rings. The predicted octanol–water partition coefficient (Wildman–Crippen LogP) is 3.47. The van der Waals surface area contributed by atoms with Crippen LogP contribution in [0.3, 0.4) is 0 Å². The molecule has 128 valence electrons. The van der Waals surface area contributed by atoms with Crippen LogP contribution in [0.1, 0.15) is 12.8 Å². The highest BCUT2D eigenvalue weighted by atomic mass is 35.5. The number of hydrogen-bond donors (Lipinski definition) is 2. The van der Waals surface area contributed by atoms with Crippen molar-refractivity contribution in [1.29, 1.82) is 0 Å². The van der Waals surface area contributed by atoms with Crippen LogP contribution >= 0.6 is 11.6 Å². The van der Waals surface area contributed by atoms with Gasteiger partial charge in [0.25, 0.3) is 0 Å². The Morgan fingerprint density at radius 2 is 2.16 bits per heavy atom. The third kappa shape index (κ3) is 3.44. The van der Waals surface area contributed by atoms with Gasteiger partial charge in [0.05, 0.1) is 5.92 Å². The number of rotatable bonds is 3. The number of carbonyl (C=O) groups is 1. The van der Waals surface area contributed by atoms with Crippen molar-refractivity contribution in [1.82, 2.24) is 15.2 Å². The first-order valence-electron chi connectivity index (χ1n) is 8.31. The average molecular weight is 356 g/mol. The van der Waals surface area contributed by atoms with Crippen molar-refractivity contribution in [2.75, 3.05) is 23.3 Å². The maximum absolute atomic E-state index is 12.7. The number of amides is 1. The summed E-state index contributed by atoms with van der Waals surface area (Å²) in [6.45, 7) is 1.50. The minimum Gasteiger partial charge on any atom is -0.361 e. The number of aromatic nitrogens is 3. The highest BCUT2D eigenvalue weighted by molar-refractivity contribution is 6.29. The van der Waals surface area contributed by atoms with Gasteiger partial charge >= 0.3 is 0 Å². The number of nitrogens with one attached hydrogen (secondary N) is 2. The van der Waals surface area contributed by atoms with Gasteiger partial charge in [-0.1, -0.05) is 11.6 Å². The number of hydrogen-bond acceptors (Lipinski definition) is 4. The second-order valence-corrected chi connectivity index (χ2v) is 6.66. The van der Waals surface area contributed by atoms with E-state index in [9.17, 15) is 4.79 Å². The molecule has 0 bridgehead atoms. The molecule has 0 radical (unpaired) electrons. The van der Waals surface area contributed by atoms with E-state index in [4.69, 9.17) is 11.6 Å². The standard InChI is InChI=1S/C18H18ClN5O/c19-16-5-6-17(23-22-16)24-9-1-2-13(11-24)18(25)21-14-3-4-15-12(10-14)7-8-20-15/h3-8,10,13,20H,1-2,9,11H2,(H,21,25)/t13-/m1/s1. The molecule has 6 nitrogen and oxygen atoms in total. The molecule has 0 aliphatic carbocycles. The van der Waals surface area contributed by atoms with E-state index < -0.39 is 0 Å². The summed E-state index contributed by atoms with van der Waals surface area (Å²) in [6, 6.07) is 11.4. The molecule has 1 amide bonds. The molecule has 25 heavy (non-hydrogen) atoms. The lowest BCUT2D eigenvalue weighted by Gasteiger charge is -2.32. The zero-order valence-corrected chi connectivity index (χ0v) is 14.3. The molecule has 3 heterocycles. The first-order chi connectivity index (χ1) is 12.2. The molecule has 2 N–H and O–H groups in total. The predicted molar refractivity (Wildman–Crippen MR) is 98.9 cm³/mol. The lowest BCUT2D eigenvalue weighted by Crippen LogP contribution is -2.41. The SMILES string of the molecule is O=C(Nc1ccc2[nH]ccc2c1)[C@@H]1CCCN(c2ccc(Cl)nn2)C1. The number of halogens is 1. The molecular formula is C18H18ClN5O. The maximum Gasteiger partial charge on any atom is 0.229 e. The number of benzene rings is 1. The normalized spacial score (nSPS) is 17.6. The van der Waals surface area contributed by atoms with Gasteiger partial charge in [0.2, 0.25) is 5.91 Å². The molecule has 1 saturated heterocycles. The van der Waals surface area contributed by atoms with Crippen molar-refractivity contribution in [2.45, 2.75) is 12.8 Å². The number of anilines is 2. The summed E-state index contributed by atoms with van der Waals surface area (Å²) in [5, 5.41) is 12.5. The summed E-state index contributed by atoms with van der Waals surface area (Å²) >= 11 is 5.79. The van der Waals surface area contributed by atoms with E-state index in [0.717, 1.165) is 41.8 Å². The first kappa shape index (κ1) is 15.9. The lowest BCUT2D eigenvalue weighted by atomic mass is 9.97. The molecule has 0 saturated carbocycles. The summed E-state index contributed by atoms with van der Waals surface area (Å²) in [6.07, 6.45) is 3.71. The van der Waals surface area contributed by atoms with Crippen LogP contribution < -0.4 is 10.2 Å². The van der Waals surface area contributed by atoms with E-state index in [2.05, 4.69) is 25.4 Å². The van der Waals surface area contributed by atoms with Crippen molar-refractivity contribution < 1.29 is 4.79 Å². The van der Waals surface area contributed by atoms with Crippen molar-refractivity contribution >= 4 is 39.9 Å². The third-order valence-electron chi connectivity index (χ3n) is 4.55. The zero-order chi connectivity index (χ0) is 17.2. The molecular weight excluding hydrogens is 338 g/mol. The third-order valence-corrected chi connectivity index (χ3v) is 4.76. The highest BCUT2D eigenvalue weighted by Gasteiger charge is 2.26. The van der Waals surface area contributed by atoms with Crippen molar-refractivity contribution in [2.24, 2.45) is 5.92 Å². The van der Waals surface area contributed by atoms with Crippen LogP contribution in [0.5, 0.6) is 0 Å². The fourth-order valence-electron chi connectivity index (χ4n) is 3.25. The summed E-state index contributed by atoms with van der Waals surface area (Å²) in [5.41, 5.74) is 1.88. The smallest absolute Gasteiger partial charge is 0.229 e. The van der Waals surface area contributed by atoms with Gasteiger partial charge in [-0.2, -0.15) is 0 Å². The van der Waals surface area contributed by atoms with Gasteiger partial charge in [0.1, 0.15) is 0 Å². The van der Waals surface area contributed by atoms with Crippen LogP contribution in [0.15, 0.2) is 42.6 Å². The topological polar surface area (TPSA) is 73.9 Å². The quantitative estimate of drug-likeness (QED) is 0.754. The Morgan fingerprint density at radius 1 is 1.24 bits per heavy atom. The van der Waals surface area contributed by atoms with Crippen molar-refractivity contribution in [3.63, 3.8) is 0 Å². The van der Waals surface area contributed by atoms with E-state index >= 15 is 0 Å². The number of piperidine rings is 1. The second kappa shape index (κ2) is 6.72. The summed E-state index contributed by atoms with van der Waals surface area (Å²) in [4.78, 5) is 17.9. The largest absolute Gasteiger partial charge is 0.361 e. The van der Waals surface area contributed by atoms with Gasteiger partial charge in [-0.3, -0.25) is 4.79 Å². The summed E-state index contributed by atoms with van der Waals surface area (Å²) in [7, 11) is 0. The van der Waals surface area contributed by atoms with E-state index in [-0.39, 0.29) is 11.8 Å². The fraction of sp³-hybridized carbons (Fsp3) is 0.278. The van der Waals surface area contributed by atoms with Gasteiger partial charge in [-0.05, 0) is 49.2 Å². The molecule has 0 spiro atoms. The minimum atomic E-state index is -0.0758. The number of nitrogens with zero attached hydrogens (tertiary/aromatic N) is 3. The Hall–Kier alpha value is -2.60. The van der Waals surface area contributed by atoms with Gasteiger partial charge in [0, 0.05) is 35.9 Å². The van der Waals surface area contributed by atoms with E-state index in [1.165, 1.54) is 0 Å². The molecule has 0 unspecified atom stereocenters. The number of aromatic amines is 1. The molecule has 1 aliphatic rings. The monoisotopic (exact) mass is 355 g/mol. The first-order valence-corrected chi connectivity index (χ1v) is 8.69. The Morgan fingerprint density at radius 3 is 3.00 bits per heavy atom. The highest BCUT2D eigenvalue weighted by Crippen LogP contribution is 2.24. The molecule has 7 heteroatoms. The van der Waals surface area contributed by atoms with Crippen LogP contribution in [-0.2, 0) is 4.79 Å². The Bertz CT molecular complexity index is 892. The van der Waals surface area contributed by atoms with Crippen molar-refractivity contribution in [3.8, 4) is 0 Å². The Labute approximate surface area is 150 Å². The van der Waals surface area contributed by atoms with Crippen LogP contribution in [0, 0.1) is 5.92 Å². The summed E-state index contributed by atoms with van der Waals surface area (Å²) < 4.78 is 0. The van der Waals surface area contributed by atoms with Crippen LogP contribution in [0.25, 0.3) is 10.9 Å². The van der Waals surface area contributed by atoms with Crippen LogP contribution in [0.2, 0.25) is 5.15 Å². The van der Waals surface area contributed by atoms with Crippen LogP contribution in [-0.4, -0.2) is 34.2 Å². The molecule has 4 rings (SSSR count). The number of carbonyl (C=O) groups excluding carboxylic acids is 1. The number of fused-ring (bicyclic) bond motifs is 1. The van der Waals surface area contributed by atoms with E-state index in [1.807, 2.05) is 36.5 Å². The van der Waals surface area contributed by atoms with Gasteiger partial charge in [-0.15, -0.1) is 10.2 Å². The maximum atomic E-state index is 12.7. The van der Waals surface area contributed by atoms with Crippen LogP contribution in [0.4, 0.5) is 11.5 Å². The van der Waals surface area contributed by atoms with E-state index in [0.29, 0.717) is 11.7 Å². The number of H-pyrrole nitrogens is 1. The Balaban J connectivity index is 1.45. The molecule has 3 aromatic rings. The molecule has 1 atom stereocenters. The molecule has 1 aromatic carbocycles. The second-order valence-electron chi connectivity index (χ2n) is 6.27. The average Bonchev–Trinajstić information content (AvgIpc) is 3.10. The molecule has 1 aliphatic heterocycles. The fourth-order valence-corrected chi connectivity index (χ4v) is 3.35. The van der Waals surface area contributed by atoms with E-state index in [1.54, 1.807) is 6.07 Å². The minimum absolute atomic E-state index is 0.0431. The van der Waals surface area contributed by atoms with Gasteiger partial charge in [-0.25, -0.2) is 0 Å². The summed E-state index contributed by atoms with van der Waals surface area (Å²) in [5.74, 6) is 0.727. The molecule has 2 aromatic heterocycles. The lowest BCUT2D eigenvalue weighted by molar-refractivity contribution is -0.120. The zero-order valence-electron chi connectivity index (χ0n) is 13.6. The van der Waals surface area contributed by atoms with Gasteiger partial charge in [0.15, 0.2) is 11.0 Å².